The highest BCUT2D eigenvalue weighted by Crippen LogP contribution is 2.05. The highest BCUT2D eigenvalue weighted by molar-refractivity contribution is 5.42. The molecule has 0 saturated heterocycles. The normalized spacial score (nSPS) is 12.4. The first-order valence-corrected chi connectivity index (χ1v) is 4.67. The fourth-order valence-electron chi connectivity index (χ4n) is 1.18. The first-order valence-electron chi connectivity index (χ1n) is 4.67. The van der Waals surface area contributed by atoms with Crippen LogP contribution in [0.4, 0.5) is 5.69 Å². The van der Waals surface area contributed by atoms with Crippen LogP contribution in [0.1, 0.15) is 0 Å². The van der Waals surface area contributed by atoms with Crippen molar-refractivity contribution < 1.29 is 9.47 Å². The first-order chi connectivity index (χ1) is 6.86. The van der Waals surface area contributed by atoms with Crippen LogP contribution in [-0.4, -0.2) is 33.5 Å². The Balaban J connectivity index is 2.32. The van der Waals surface area contributed by atoms with E-state index in [0.29, 0.717) is 6.61 Å². The molecule has 0 radical (unpaired) electrons. The Kier molecular flexibility index (Phi) is 5.04. The van der Waals surface area contributed by atoms with Crippen LogP contribution >= 0.6 is 0 Å². The predicted octanol–water partition coefficient (Wildman–Crippen LogP) is 1.76. The molecule has 0 spiro atoms. The van der Waals surface area contributed by atoms with E-state index in [0.717, 1.165) is 12.2 Å². The lowest BCUT2D eigenvalue weighted by molar-refractivity contribution is 0.0365. The molecule has 1 rings (SSSR count). The average Bonchev–Trinajstić information content (AvgIpc) is 2.25. The van der Waals surface area contributed by atoms with Crippen LogP contribution in [0.15, 0.2) is 30.3 Å². The molecule has 1 aromatic carbocycles. The highest BCUT2D eigenvalue weighted by Gasteiger charge is 2.05. The zero-order valence-electron chi connectivity index (χ0n) is 8.69. The van der Waals surface area contributed by atoms with E-state index in [4.69, 9.17) is 9.47 Å². The number of ether oxygens (including phenoxy) is 2. The molecule has 0 aromatic heterocycles. The third-order valence-electron chi connectivity index (χ3n) is 1.99. The lowest BCUT2D eigenvalue weighted by atomic mass is 10.3. The molecule has 1 N–H and O–H groups in total. The van der Waals surface area contributed by atoms with Gasteiger partial charge in [0, 0.05) is 26.5 Å². The second-order valence-electron chi connectivity index (χ2n) is 3.06. The van der Waals surface area contributed by atoms with Gasteiger partial charge in [0.1, 0.15) is 0 Å². The van der Waals surface area contributed by atoms with Crippen molar-refractivity contribution in [2.24, 2.45) is 0 Å². The van der Waals surface area contributed by atoms with Crippen LogP contribution < -0.4 is 5.32 Å². The number of anilines is 1. The lowest BCUT2D eigenvalue weighted by Crippen LogP contribution is -2.26. The van der Waals surface area contributed by atoms with Crippen LogP contribution in [0.25, 0.3) is 0 Å². The molecular formula is C11H17NO2. The van der Waals surface area contributed by atoms with E-state index in [1.807, 2.05) is 30.3 Å². The zero-order valence-corrected chi connectivity index (χ0v) is 8.69. The van der Waals surface area contributed by atoms with Crippen LogP contribution in [-0.2, 0) is 9.47 Å². The molecule has 3 nitrogen and oxygen atoms in total. The van der Waals surface area contributed by atoms with Gasteiger partial charge >= 0.3 is 0 Å². The molecule has 0 saturated carbocycles. The minimum atomic E-state index is 0.0974. The van der Waals surface area contributed by atoms with E-state index in [9.17, 15) is 0 Å². The molecular weight excluding hydrogens is 178 g/mol. The molecule has 14 heavy (non-hydrogen) atoms. The van der Waals surface area contributed by atoms with Crippen molar-refractivity contribution in [2.75, 3.05) is 32.7 Å². The summed E-state index contributed by atoms with van der Waals surface area (Å²) in [5.74, 6) is 0. The van der Waals surface area contributed by atoms with Crippen molar-refractivity contribution in [1.29, 1.82) is 0 Å². The molecule has 0 aliphatic heterocycles. The SMILES string of the molecule is COCC(CNc1ccccc1)OC. The summed E-state index contributed by atoms with van der Waals surface area (Å²) in [6.45, 7) is 1.37. The number of hydrogen-bond donors (Lipinski definition) is 1. The van der Waals surface area contributed by atoms with Gasteiger partial charge in [-0.1, -0.05) is 18.2 Å². The van der Waals surface area contributed by atoms with Gasteiger partial charge in [-0.25, -0.2) is 0 Å². The van der Waals surface area contributed by atoms with Gasteiger partial charge in [0.25, 0.3) is 0 Å². The third kappa shape index (κ3) is 3.77. The van der Waals surface area contributed by atoms with Crippen LogP contribution in [0.2, 0.25) is 0 Å². The van der Waals surface area contributed by atoms with Gasteiger partial charge < -0.3 is 14.8 Å². The highest BCUT2D eigenvalue weighted by atomic mass is 16.5. The van der Waals surface area contributed by atoms with Crippen molar-refractivity contribution >= 4 is 5.69 Å². The Morgan fingerprint density at radius 1 is 1.21 bits per heavy atom. The van der Waals surface area contributed by atoms with Gasteiger partial charge in [-0.15, -0.1) is 0 Å². The molecule has 0 aliphatic rings. The minimum Gasteiger partial charge on any atom is -0.382 e. The summed E-state index contributed by atoms with van der Waals surface area (Å²) >= 11 is 0. The standard InChI is InChI=1S/C11H17NO2/c1-13-9-11(14-2)8-12-10-6-4-3-5-7-10/h3-7,11-12H,8-9H2,1-2H3. The third-order valence-corrected chi connectivity index (χ3v) is 1.99. The van der Waals surface area contributed by atoms with Gasteiger partial charge in [0.15, 0.2) is 0 Å². The van der Waals surface area contributed by atoms with Crippen LogP contribution in [0.5, 0.6) is 0 Å². The number of rotatable bonds is 6. The van der Waals surface area contributed by atoms with Crippen molar-refractivity contribution in [3.8, 4) is 0 Å². The molecule has 78 valence electrons. The molecule has 1 atom stereocenters. The molecule has 0 bridgehead atoms. The summed E-state index contributed by atoms with van der Waals surface area (Å²) in [6.07, 6.45) is 0.0974. The van der Waals surface area contributed by atoms with E-state index in [1.54, 1.807) is 14.2 Å². The van der Waals surface area contributed by atoms with Gasteiger partial charge in [-0.2, -0.15) is 0 Å². The summed E-state index contributed by atoms with van der Waals surface area (Å²) in [7, 11) is 3.37. The van der Waals surface area contributed by atoms with E-state index < -0.39 is 0 Å². The van der Waals surface area contributed by atoms with Gasteiger partial charge in [-0.05, 0) is 12.1 Å². The van der Waals surface area contributed by atoms with Gasteiger partial charge in [0.2, 0.25) is 0 Å². The van der Waals surface area contributed by atoms with E-state index in [2.05, 4.69) is 5.32 Å². The van der Waals surface area contributed by atoms with E-state index in [1.165, 1.54) is 0 Å². The van der Waals surface area contributed by atoms with Crippen molar-refractivity contribution in [2.45, 2.75) is 6.10 Å². The summed E-state index contributed by atoms with van der Waals surface area (Å²) in [6, 6.07) is 10.0. The molecule has 1 aromatic rings. The van der Waals surface area contributed by atoms with Crippen molar-refractivity contribution in [3.63, 3.8) is 0 Å². The topological polar surface area (TPSA) is 30.5 Å². The van der Waals surface area contributed by atoms with E-state index in [-0.39, 0.29) is 6.10 Å². The van der Waals surface area contributed by atoms with Gasteiger partial charge in [-0.3, -0.25) is 0 Å². The number of hydrogen-bond acceptors (Lipinski definition) is 3. The molecule has 0 amide bonds. The Bertz CT molecular complexity index is 238. The monoisotopic (exact) mass is 195 g/mol. The largest absolute Gasteiger partial charge is 0.382 e. The zero-order chi connectivity index (χ0) is 10.2. The molecule has 0 aliphatic carbocycles. The fourth-order valence-corrected chi connectivity index (χ4v) is 1.18. The maximum atomic E-state index is 5.22. The summed E-state index contributed by atoms with van der Waals surface area (Å²) in [4.78, 5) is 0. The summed E-state index contributed by atoms with van der Waals surface area (Å²) in [5.41, 5.74) is 1.10. The number of para-hydroxylation sites is 1. The number of benzene rings is 1. The Morgan fingerprint density at radius 3 is 2.50 bits per heavy atom. The smallest absolute Gasteiger partial charge is 0.0976 e. The minimum absolute atomic E-state index is 0.0974. The van der Waals surface area contributed by atoms with E-state index >= 15 is 0 Å². The maximum absolute atomic E-state index is 5.22. The summed E-state index contributed by atoms with van der Waals surface area (Å²) in [5, 5.41) is 3.28. The Morgan fingerprint density at radius 2 is 1.93 bits per heavy atom. The average molecular weight is 195 g/mol. The maximum Gasteiger partial charge on any atom is 0.0976 e. The fraction of sp³-hybridized carbons (Fsp3) is 0.455. The predicted molar refractivity (Wildman–Crippen MR) is 57.6 cm³/mol. The first kappa shape index (κ1) is 11.0. The van der Waals surface area contributed by atoms with Crippen molar-refractivity contribution in [3.05, 3.63) is 30.3 Å². The molecule has 3 heteroatoms. The molecule has 0 heterocycles. The second-order valence-corrected chi connectivity index (χ2v) is 3.06. The number of nitrogens with one attached hydrogen (secondary N) is 1. The number of methoxy groups -OCH3 is 2. The summed E-state index contributed by atoms with van der Waals surface area (Å²) < 4.78 is 10.2. The molecule has 1 unspecified atom stereocenters. The van der Waals surface area contributed by atoms with Crippen molar-refractivity contribution in [1.82, 2.24) is 0 Å². The second kappa shape index (κ2) is 6.40. The van der Waals surface area contributed by atoms with Gasteiger partial charge in [0.05, 0.1) is 12.7 Å². The Labute approximate surface area is 85.0 Å². The quantitative estimate of drug-likeness (QED) is 0.750. The van der Waals surface area contributed by atoms with Crippen LogP contribution in [0.3, 0.4) is 0 Å². The van der Waals surface area contributed by atoms with Crippen LogP contribution in [0, 0.1) is 0 Å². The lowest BCUT2D eigenvalue weighted by Gasteiger charge is -2.15. The Hall–Kier alpha value is -1.06. The molecule has 0 fully saturated rings.